The van der Waals surface area contributed by atoms with Crippen LogP contribution in [0.3, 0.4) is 0 Å². The summed E-state index contributed by atoms with van der Waals surface area (Å²) in [6.45, 7) is 8.89. The highest BCUT2D eigenvalue weighted by atomic mass is 16.6. The zero-order valence-corrected chi connectivity index (χ0v) is 13.2. The van der Waals surface area contributed by atoms with Crippen molar-refractivity contribution in [3.05, 3.63) is 0 Å². The average Bonchev–Trinajstić information content (AvgIpc) is 2.31. The number of nitrogens with two attached hydrogens (primary N) is 1. The van der Waals surface area contributed by atoms with E-state index >= 15 is 0 Å². The van der Waals surface area contributed by atoms with Crippen LogP contribution in [0.4, 0.5) is 4.79 Å². The van der Waals surface area contributed by atoms with Crippen molar-refractivity contribution in [1.29, 1.82) is 0 Å². The number of hydrogen-bond donors (Lipinski definition) is 4. The molecular weight excluding hydrogens is 258 g/mol. The van der Waals surface area contributed by atoms with Crippen molar-refractivity contribution in [2.75, 3.05) is 19.7 Å². The van der Waals surface area contributed by atoms with E-state index in [0.717, 1.165) is 25.8 Å². The Morgan fingerprint density at radius 1 is 1.30 bits per heavy atom. The van der Waals surface area contributed by atoms with Gasteiger partial charge in [-0.15, -0.1) is 0 Å². The van der Waals surface area contributed by atoms with Crippen LogP contribution >= 0.6 is 0 Å². The molecule has 0 radical (unpaired) electrons. The molecule has 0 fully saturated rings. The first kappa shape index (κ1) is 19.1. The number of carbonyl (C=O) groups excluding carboxylic acids is 1. The van der Waals surface area contributed by atoms with Crippen molar-refractivity contribution >= 4 is 6.09 Å². The molecule has 120 valence electrons. The first-order valence-electron chi connectivity index (χ1n) is 7.34. The number of alkyl carbamates (subject to hydrolysis) is 1. The molecule has 0 saturated heterocycles. The third-order valence-corrected chi connectivity index (χ3v) is 2.84. The van der Waals surface area contributed by atoms with Crippen molar-refractivity contribution in [2.45, 2.75) is 64.6 Å². The second-order valence-corrected chi connectivity index (χ2v) is 6.02. The van der Waals surface area contributed by atoms with E-state index < -0.39 is 11.7 Å². The molecule has 20 heavy (non-hydrogen) atoms. The number of ether oxygens (including phenoxy) is 1. The lowest BCUT2D eigenvalue weighted by Gasteiger charge is -2.27. The van der Waals surface area contributed by atoms with Gasteiger partial charge in [0.15, 0.2) is 0 Å². The Bertz CT molecular complexity index is 267. The van der Waals surface area contributed by atoms with Crippen molar-refractivity contribution in [3.63, 3.8) is 0 Å². The number of unbranched alkanes of at least 4 members (excludes halogenated alkanes) is 2. The Labute approximate surface area is 122 Å². The highest BCUT2D eigenvalue weighted by molar-refractivity contribution is 5.68. The van der Waals surface area contributed by atoms with Gasteiger partial charge in [-0.25, -0.2) is 4.79 Å². The molecule has 0 saturated carbocycles. The van der Waals surface area contributed by atoms with Gasteiger partial charge >= 0.3 is 6.09 Å². The molecule has 0 aliphatic rings. The first-order valence-corrected chi connectivity index (χ1v) is 7.34. The van der Waals surface area contributed by atoms with E-state index in [4.69, 9.17) is 15.6 Å². The van der Waals surface area contributed by atoms with Crippen molar-refractivity contribution in [1.82, 2.24) is 10.6 Å². The van der Waals surface area contributed by atoms with Gasteiger partial charge in [-0.3, -0.25) is 0 Å². The zero-order chi connectivity index (χ0) is 15.6. The summed E-state index contributed by atoms with van der Waals surface area (Å²) >= 11 is 0. The minimum absolute atomic E-state index is 0.0108. The van der Waals surface area contributed by atoms with Gasteiger partial charge in [-0.05, 0) is 53.5 Å². The largest absolute Gasteiger partial charge is 0.444 e. The van der Waals surface area contributed by atoms with Crippen LogP contribution in [0.25, 0.3) is 0 Å². The van der Waals surface area contributed by atoms with Crippen molar-refractivity contribution in [2.24, 2.45) is 5.73 Å². The van der Waals surface area contributed by atoms with E-state index in [1.807, 2.05) is 27.7 Å². The number of aliphatic hydroxyl groups excluding tert-OH is 1. The number of rotatable bonds is 9. The quantitative estimate of drug-likeness (QED) is 0.474. The van der Waals surface area contributed by atoms with Crippen LogP contribution in [0.5, 0.6) is 0 Å². The lowest BCUT2D eigenvalue weighted by Crippen LogP contribution is -2.53. The highest BCUT2D eigenvalue weighted by Gasteiger charge is 2.21. The molecule has 0 aromatic heterocycles. The normalized spacial score (nSPS) is 14.7. The number of nitrogens with one attached hydrogen (secondary N) is 2. The summed E-state index contributed by atoms with van der Waals surface area (Å²) in [7, 11) is 0. The summed E-state index contributed by atoms with van der Waals surface area (Å²) in [4.78, 5) is 11.7. The maximum absolute atomic E-state index is 11.7. The molecule has 6 nitrogen and oxygen atoms in total. The smallest absolute Gasteiger partial charge is 0.407 e. The Morgan fingerprint density at radius 2 is 1.95 bits per heavy atom. The Hall–Kier alpha value is -0.850. The van der Waals surface area contributed by atoms with Gasteiger partial charge in [0.25, 0.3) is 0 Å². The summed E-state index contributed by atoms with van der Waals surface area (Å²) in [5, 5.41) is 14.8. The molecule has 0 spiro atoms. The summed E-state index contributed by atoms with van der Waals surface area (Å²) in [5.74, 6) is 0. The fourth-order valence-corrected chi connectivity index (χ4v) is 1.76. The molecule has 2 unspecified atom stereocenters. The third-order valence-electron chi connectivity index (χ3n) is 2.84. The highest BCUT2D eigenvalue weighted by Crippen LogP contribution is 2.07. The van der Waals surface area contributed by atoms with Gasteiger partial charge in [-0.2, -0.15) is 0 Å². The molecule has 1 amide bonds. The maximum Gasteiger partial charge on any atom is 0.407 e. The van der Waals surface area contributed by atoms with Crippen LogP contribution in [-0.2, 0) is 4.74 Å². The molecule has 2 atom stereocenters. The SMILES string of the molecule is CC(NC(=O)OC(C)(C)C)C(CN)NCCCCCO. The summed E-state index contributed by atoms with van der Waals surface area (Å²) in [6, 6.07) is -0.0932. The van der Waals surface area contributed by atoms with Crippen molar-refractivity contribution in [3.8, 4) is 0 Å². The standard InChI is InChI=1S/C14H31N3O3/c1-11(17-13(19)20-14(2,3)4)12(10-15)16-8-6-5-7-9-18/h11-12,16,18H,5-10,15H2,1-4H3,(H,17,19). The molecule has 0 aromatic rings. The molecular formula is C14H31N3O3. The average molecular weight is 289 g/mol. The van der Waals surface area contributed by atoms with Crippen LogP contribution in [0.15, 0.2) is 0 Å². The second-order valence-electron chi connectivity index (χ2n) is 6.02. The van der Waals surface area contributed by atoms with E-state index in [9.17, 15) is 4.79 Å². The Kier molecular flexibility index (Phi) is 9.54. The summed E-state index contributed by atoms with van der Waals surface area (Å²) < 4.78 is 5.21. The summed E-state index contributed by atoms with van der Waals surface area (Å²) in [5.41, 5.74) is 5.22. The van der Waals surface area contributed by atoms with Crippen molar-refractivity contribution < 1.29 is 14.6 Å². The third kappa shape index (κ3) is 10.00. The number of hydrogen-bond acceptors (Lipinski definition) is 5. The maximum atomic E-state index is 11.7. The lowest BCUT2D eigenvalue weighted by atomic mass is 10.1. The van der Waals surface area contributed by atoms with Crippen LogP contribution in [0, 0.1) is 0 Å². The van der Waals surface area contributed by atoms with Gasteiger partial charge in [0.2, 0.25) is 0 Å². The van der Waals surface area contributed by atoms with Gasteiger partial charge < -0.3 is 26.2 Å². The fourth-order valence-electron chi connectivity index (χ4n) is 1.76. The van der Waals surface area contributed by atoms with Gasteiger partial charge in [0.05, 0.1) is 0 Å². The summed E-state index contributed by atoms with van der Waals surface area (Å²) in [6.07, 6.45) is 2.36. The van der Waals surface area contributed by atoms with E-state index in [1.165, 1.54) is 0 Å². The monoisotopic (exact) mass is 289 g/mol. The Morgan fingerprint density at radius 3 is 2.45 bits per heavy atom. The lowest BCUT2D eigenvalue weighted by molar-refractivity contribution is 0.0498. The molecule has 6 heteroatoms. The number of amides is 1. The molecule has 5 N–H and O–H groups in total. The predicted molar refractivity (Wildman–Crippen MR) is 80.6 cm³/mol. The van der Waals surface area contributed by atoms with Crippen LogP contribution in [0.2, 0.25) is 0 Å². The second kappa shape index (κ2) is 9.96. The molecule has 0 aliphatic carbocycles. The number of aliphatic hydroxyl groups is 1. The zero-order valence-electron chi connectivity index (χ0n) is 13.2. The van der Waals surface area contributed by atoms with Crippen LogP contribution in [-0.4, -0.2) is 48.6 Å². The first-order chi connectivity index (χ1) is 9.30. The molecule has 0 rings (SSSR count). The van der Waals surface area contributed by atoms with Gasteiger partial charge in [-0.1, -0.05) is 0 Å². The van der Waals surface area contributed by atoms with E-state index in [2.05, 4.69) is 10.6 Å². The molecule has 0 aliphatic heterocycles. The van der Waals surface area contributed by atoms with Gasteiger partial charge in [0.1, 0.15) is 5.60 Å². The van der Waals surface area contributed by atoms with Crippen LogP contribution < -0.4 is 16.4 Å². The molecule has 0 bridgehead atoms. The van der Waals surface area contributed by atoms with E-state index in [0.29, 0.717) is 6.54 Å². The minimum Gasteiger partial charge on any atom is -0.444 e. The predicted octanol–water partition coefficient (Wildman–Crippen LogP) is 0.979. The molecule has 0 aromatic carbocycles. The Balaban J connectivity index is 4.01. The van der Waals surface area contributed by atoms with E-state index in [-0.39, 0.29) is 18.7 Å². The minimum atomic E-state index is -0.500. The van der Waals surface area contributed by atoms with Gasteiger partial charge in [0, 0.05) is 25.2 Å². The fraction of sp³-hybridized carbons (Fsp3) is 0.929. The van der Waals surface area contributed by atoms with Crippen LogP contribution in [0.1, 0.15) is 47.0 Å². The molecule has 0 heterocycles. The van der Waals surface area contributed by atoms with E-state index in [1.54, 1.807) is 0 Å². The topological polar surface area (TPSA) is 96.6 Å². The number of carbonyl (C=O) groups is 1.